The number of unbranched alkanes of at least 4 members (excludes halogenated alkanes) is 14. The first kappa shape index (κ1) is 17.0. The zero-order chi connectivity index (χ0) is 12.6. The predicted molar refractivity (Wildman–Crippen MR) is 80.3 cm³/mol. The smallest absolute Gasteiger partial charge is 0.0386 e. The highest BCUT2D eigenvalue weighted by molar-refractivity contribution is 4.64. The van der Waals surface area contributed by atoms with Crippen molar-refractivity contribution in [1.82, 2.24) is 0 Å². The van der Waals surface area contributed by atoms with Gasteiger partial charge in [-0.15, -0.1) is 0 Å². The Bertz CT molecular complexity index is 103. The molecule has 0 unspecified atom stereocenters. The predicted octanol–water partition coefficient (Wildman–Crippen LogP) is 6.69. The first-order chi connectivity index (χ1) is 8.41. The average Bonchev–Trinajstić information content (AvgIpc) is 2.35. The average molecular weight is 239 g/mol. The van der Waals surface area contributed by atoms with Crippen molar-refractivity contribution >= 4 is 0 Å². The van der Waals surface area contributed by atoms with Crippen molar-refractivity contribution in [2.24, 2.45) is 0 Å². The van der Waals surface area contributed by atoms with Crippen LogP contribution in [0.2, 0.25) is 0 Å². The van der Waals surface area contributed by atoms with Crippen LogP contribution >= 0.6 is 0 Å². The summed E-state index contributed by atoms with van der Waals surface area (Å²) in [6.45, 7) is 4.57. The summed E-state index contributed by atoms with van der Waals surface area (Å²) in [5.74, 6) is 0. The molecule has 0 heteroatoms. The Morgan fingerprint density at radius 3 is 1.24 bits per heavy atom. The van der Waals surface area contributed by atoms with Crippen molar-refractivity contribution in [1.29, 1.82) is 0 Å². The summed E-state index contributed by atoms with van der Waals surface area (Å²) in [5, 5.41) is 0. The highest BCUT2D eigenvalue weighted by Gasteiger charge is 1.93. The van der Waals surface area contributed by atoms with Crippen molar-refractivity contribution in [2.75, 3.05) is 0 Å². The molecule has 0 saturated carbocycles. The minimum absolute atomic E-state index is 1.36. The number of hydrogen-bond acceptors (Lipinski definition) is 0. The first-order valence-electron chi connectivity index (χ1n) is 8.23. The van der Waals surface area contributed by atoms with Crippen LogP contribution in [-0.4, -0.2) is 0 Å². The molecule has 0 aliphatic carbocycles. The Morgan fingerprint density at radius 1 is 0.471 bits per heavy atom. The molecule has 0 aliphatic rings. The lowest BCUT2D eigenvalue weighted by Gasteiger charge is -2.02. The molecule has 0 atom stereocenters. The fourth-order valence-electron chi connectivity index (χ4n) is 2.28. The van der Waals surface area contributed by atoms with Gasteiger partial charge in [-0.2, -0.15) is 0 Å². The Labute approximate surface area is 111 Å². The lowest BCUT2D eigenvalue weighted by molar-refractivity contribution is 0.576. The van der Waals surface area contributed by atoms with Gasteiger partial charge in [0.05, 0.1) is 0 Å². The molecule has 0 aromatic heterocycles. The molecule has 1 radical (unpaired) electrons. The third-order valence-electron chi connectivity index (χ3n) is 3.52. The van der Waals surface area contributed by atoms with Gasteiger partial charge < -0.3 is 0 Å². The zero-order valence-corrected chi connectivity index (χ0v) is 12.5. The maximum absolute atomic E-state index is 2.53. The Hall–Kier alpha value is 0. The second-order valence-electron chi connectivity index (χ2n) is 5.40. The molecule has 0 spiro atoms. The zero-order valence-electron chi connectivity index (χ0n) is 12.5. The van der Waals surface area contributed by atoms with Gasteiger partial charge in [-0.3, -0.25) is 0 Å². The maximum Gasteiger partial charge on any atom is -0.0386 e. The summed E-state index contributed by atoms with van der Waals surface area (Å²) in [6, 6.07) is 0. The summed E-state index contributed by atoms with van der Waals surface area (Å²) >= 11 is 0. The molecular formula is C17H35. The lowest BCUT2D eigenvalue weighted by Crippen LogP contribution is -1.83. The van der Waals surface area contributed by atoms with E-state index in [0.717, 1.165) is 0 Å². The SMILES string of the molecule is CCCCCCC[CH]CCCCCCCCC. The van der Waals surface area contributed by atoms with Crippen molar-refractivity contribution in [3.8, 4) is 0 Å². The molecule has 0 fully saturated rings. The summed E-state index contributed by atoms with van der Waals surface area (Å²) in [7, 11) is 0. The Balaban J connectivity index is 2.85. The number of hydrogen-bond donors (Lipinski definition) is 0. The van der Waals surface area contributed by atoms with E-state index in [4.69, 9.17) is 0 Å². The third-order valence-corrected chi connectivity index (χ3v) is 3.52. The second-order valence-corrected chi connectivity index (χ2v) is 5.40. The molecular weight excluding hydrogens is 204 g/mol. The van der Waals surface area contributed by atoms with Crippen LogP contribution in [0, 0.1) is 6.42 Å². The monoisotopic (exact) mass is 239 g/mol. The van der Waals surface area contributed by atoms with E-state index in [0.29, 0.717) is 0 Å². The molecule has 0 aliphatic heterocycles. The molecule has 103 valence electrons. The molecule has 0 nitrogen and oxygen atoms in total. The standard InChI is InChI=1S/C17H35/c1-3-5-7-9-11-13-15-17-16-14-12-10-8-6-4-2/h15H,3-14,16-17H2,1-2H3. The normalized spacial score (nSPS) is 10.9. The van der Waals surface area contributed by atoms with E-state index in [1.165, 1.54) is 89.9 Å². The van der Waals surface area contributed by atoms with Crippen molar-refractivity contribution < 1.29 is 0 Å². The van der Waals surface area contributed by atoms with Crippen LogP contribution in [-0.2, 0) is 0 Å². The molecule has 0 bridgehead atoms. The molecule has 0 N–H and O–H groups in total. The van der Waals surface area contributed by atoms with E-state index in [9.17, 15) is 0 Å². The summed E-state index contributed by atoms with van der Waals surface area (Å²) < 4.78 is 0. The molecule has 0 aromatic rings. The van der Waals surface area contributed by atoms with Gasteiger partial charge >= 0.3 is 0 Å². The van der Waals surface area contributed by atoms with E-state index in [2.05, 4.69) is 20.3 Å². The van der Waals surface area contributed by atoms with Gasteiger partial charge in [0.25, 0.3) is 0 Å². The van der Waals surface area contributed by atoms with E-state index < -0.39 is 0 Å². The summed E-state index contributed by atoms with van der Waals surface area (Å²) in [6.07, 6.45) is 22.4. The van der Waals surface area contributed by atoms with Gasteiger partial charge in [-0.05, 0) is 6.42 Å². The van der Waals surface area contributed by atoms with Crippen LogP contribution in [0.4, 0.5) is 0 Å². The fraction of sp³-hybridized carbons (Fsp3) is 0.941. The quantitative estimate of drug-likeness (QED) is 0.296. The van der Waals surface area contributed by atoms with Gasteiger partial charge in [0.2, 0.25) is 0 Å². The van der Waals surface area contributed by atoms with Gasteiger partial charge in [0.15, 0.2) is 0 Å². The minimum Gasteiger partial charge on any atom is -0.0654 e. The van der Waals surface area contributed by atoms with Crippen molar-refractivity contribution in [3.05, 3.63) is 6.42 Å². The van der Waals surface area contributed by atoms with Crippen molar-refractivity contribution in [3.63, 3.8) is 0 Å². The molecule has 0 saturated heterocycles. The van der Waals surface area contributed by atoms with Crippen LogP contribution in [0.25, 0.3) is 0 Å². The van der Waals surface area contributed by atoms with Crippen LogP contribution in [0.1, 0.15) is 104 Å². The van der Waals surface area contributed by atoms with Gasteiger partial charge in [0, 0.05) is 0 Å². The Kier molecular flexibility index (Phi) is 16.0. The van der Waals surface area contributed by atoms with E-state index >= 15 is 0 Å². The third kappa shape index (κ3) is 16.0. The molecule has 17 heavy (non-hydrogen) atoms. The van der Waals surface area contributed by atoms with Crippen molar-refractivity contribution in [2.45, 2.75) is 104 Å². The largest absolute Gasteiger partial charge is 0.0654 e. The van der Waals surface area contributed by atoms with Gasteiger partial charge in [0.1, 0.15) is 0 Å². The fourth-order valence-corrected chi connectivity index (χ4v) is 2.28. The Morgan fingerprint density at radius 2 is 0.824 bits per heavy atom. The first-order valence-corrected chi connectivity index (χ1v) is 8.23. The lowest BCUT2D eigenvalue weighted by atomic mass is 10.0. The summed E-state index contributed by atoms with van der Waals surface area (Å²) in [4.78, 5) is 0. The highest BCUT2D eigenvalue weighted by Crippen LogP contribution is 2.12. The molecule has 0 amide bonds. The molecule has 0 rings (SSSR count). The summed E-state index contributed by atoms with van der Waals surface area (Å²) in [5.41, 5.74) is 0. The van der Waals surface area contributed by atoms with Gasteiger partial charge in [-0.25, -0.2) is 0 Å². The molecule has 0 aromatic carbocycles. The van der Waals surface area contributed by atoms with Crippen LogP contribution in [0.15, 0.2) is 0 Å². The number of rotatable bonds is 14. The topological polar surface area (TPSA) is 0 Å². The van der Waals surface area contributed by atoms with Gasteiger partial charge in [-0.1, -0.05) is 104 Å². The van der Waals surface area contributed by atoms with Crippen LogP contribution in [0.5, 0.6) is 0 Å². The molecule has 0 heterocycles. The maximum atomic E-state index is 2.53. The van der Waals surface area contributed by atoms with E-state index in [-0.39, 0.29) is 0 Å². The minimum atomic E-state index is 1.36. The van der Waals surface area contributed by atoms with Crippen LogP contribution < -0.4 is 0 Å². The van der Waals surface area contributed by atoms with Crippen LogP contribution in [0.3, 0.4) is 0 Å². The van der Waals surface area contributed by atoms with E-state index in [1.54, 1.807) is 0 Å². The van der Waals surface area contributed by atoms with E-state index in [1.807, 2.05) is 0 Å². The second kappa shape index (κ2) is 16.0. The highest BCUT2D eigenvalue weighted by atomic mass is 14.0.